The minimum atomic E-state index is -0.440. The number of nitrogens with one attached hydrogen (secondary N) is 1. The molecule has 0 saturated carbocycles. The average Bonchev–Trinajstić information content (AvgIpc) is 3.06. The van der Waals surface area contributed by atoms with Gasteiger partial charge in [-0.25, -0.2) is 0 Å². The molecule has 1 atom stereocenters. The molecule has 5 heteroatoms. The smallest absolute Gasteiger partial charge is 0.239 e. The Labute approximate surface area is 135 Å². The number of hydrogen-bond donors (Lipinski definition) is 2. The Hall–Kier alpha value is -1.85. The fourth-order valence-electron chi connectivity index (χ4n) is 2.11. The molecule has 0 aliphatic heterocycles. The highest BCUT2D eigenvalue weighted by atomic mass is 32.1. The van der Waals surface area contributed by atoms with Crippen LogP contribution in [0.3, 0.4) is 0 Å². The van der Waals surface area contributed by atoms with Crippen molar-refractivity contribution in [3.63, 3.8) is 0 Å². The van der Waals surface area contributed by atoms with E-state index in [1.54, 1.807) is 11.3 Å². The molecule has 4 nitrogen and oxygen atoms in total. The van der Waals surface area contributed by atoms with Crippen LogP contribution in [0, 0.1) is 0 Å². The molecule has 0 aliphatic rings. The van der Waals surface area contributed by atoms with Crippen LogP contribution < -0.4 is 10.2 Å². The van der Waals surface area contributed by atoms with Crippen LogP contribution in [0.4, 0.5) is 5.69 Å². The summed E-state index contributed by atoms with van der Waals surface area (Å²) in [6.45, 7) is 3.18. The summed E-state index contributed by atoms with van der Waals surface area (Å²) in [4.78, 5) is 15.2. The second-order valence-corrected chi connectivity index (χ2v) is 6.17. The predicted octanol–water partition coefficient (Wildman–Crippen LogP) is 2.64. The number of rotatable bonds is 8. The summed E-state index contributed by atoms with van der Waals surface area (Å²) in [5.41, 5.74) is 0.946. The van der Waals surface area contributed by atoms with E-state index in [1.165, 1.54) is 0 Å². The van der Waals surface area contributed by atoms with Crippen LogP contribution in [-0.4, -0.2) is 30.2 Å². The quantitative estimate of drug-likeness (QED) is 0.787. The number of anilines is 1. The van der Waals surface area contributed by atoms with Gasteiger partial charge in [0.05, 0.1) is 19.2 Å². The molecule has 1 aromatic carbocycles. The number of para-hydroxylation sites is 1. The van der Waals surface area contributed by atoms with Crippen molar-refractivity contribution in [2.45, 2.75) is 26.0 Å². The molecule has 0 aliphatic carbocycles. The molecule has 0 radical (unpaired) electrons. The lowest BCUT2D eigenvalue weighted by Gasteiger charge is -2.26. The highest BCUT2D eigenvalue weighted by Gasteiger charge is 2.14. The van der Waals surface area contributed by atoms with Gasteiger partial charge in [-0.1, -0.05) is 31.2 Å². The zero-order valence-electron chi connectivity index (χ0n) is 12.7. The molecule has 0 unspecified atom stereocenters. The van der Waals surface area contributed by atoms with Gasteiger partial charge in [0.25, 0.3) is 0 Å². The van der Waals surface area contributed by atoms with E-state index >= 15 is 0 Å². The van der Waals surface area contributed by atoms with Crippen LogP contribution in [0.15, 0.2) is 47.8 Å². The van der Waals surface area contributed by atoms with Gasteiger partial charge >= 0.3 is 0 Å². The molecule has 2 N–H and O–H groups in total. The van der Waals surface area contributed by atoms with Crippen molar-refractivity contribution in [3.05, 3.63) is 52.7 Å². The molecular weight excluding hydrogens is 296 g/mol. The van der Waals surface area contributed by atoms with Crippen molar-refractivity contribution in [3.8, 4) is 0 Å². The molecule has 1 heterocycles. The van der Waals surface area contributed by atoms with Crippen LogP contribution in [0.5, 0.6) is 0 Å². The molecule has 1 amide bonds. The number of carbonyl (C=O) groups is 1. The van der Waals surface area contributed by atoms with Gasteiger partial charge in [-0.05, 0) is 30.0 Å². The second kappa shape index (κ2) is 8.56. The molecular formula is C17H22N2O2S. The molecule has 118 valence electrons. The lowest BCUT2D eigenvalue weighted by Crippen LogP contribution is -2.40. The van der Waals surface area contributed by atoms with E-state index in [0.717, 1.165) is 10.6 Å². The highest BCUT2D eigenvalue weighted by Crippen LogP contribution is 2.14. The SMILES string of the molecule is CC[C@H](O)CN(CC(=O)NCc1cccs1)c1ccccc1. The fourth-order valence-corrected chi connectivity index (χ4v) is 2.76. The summed E-state index contributed by atoms with van der Waals surface area (Å²) in [7, 11) is 0. The molecule has 0 fully saturated rings. The Bertz CT molecular complexity index is 557. The number of hydrogen-bond acceptors (Lipinski definition) is 4. The van der Waals surface area contributed by atoms with Crippen LogP contribution in [0.2, 0.25) is 0 Å². The Morgan fingerprint density at radius 1 is 1.27 bits per heavy atom. The topological polar surface area (TPSA) is 52.6 Å². The van der Waals surface area contributed by atoms with Gasteiger partial charge in [0.2, 0.25) is 5.91 Å². The zero-order valence-corrected chi connectivity index (χ0v) is 13.6. The first kappa shape index (κ1) is 16.5. The zero-order chi connectivity index (χ0) is 15.8. The van der Waals surface area contributed by atoms with E-state index in [2.05, 4.69) is 5.32 Å². The number of nitrogens with zero attached hydrogens (tertiary/aromatic N) is 1. The third-order valence-electron chi connectivity index (χ3n) is 3.40. The van der Waals surface area contributed by atoms with Crippen LogP contribution >= 0.6 is 11.3 Å². The van der Waals surface area contributed by atoms with Crippen LogP contribution in [-0.2, 0) is 11.3 Å². The number of benzene rings is 1. The first-order chi connectivity index (χ1) is 10.7. The number of thiophene rings is 1. The Morgan fingerprint density at radius 3 is 2.68 bits per heavy atom. The fraction of sp³-hybridized carbons (Fsp3) is 0.353. The minimum absolute atomic E-state index is 0.0412. The standard InChI is InChI=1S/C17H22N2O2S/c1-2-15(20)12-19(14-7-4-3-5-8-14)13-17(21)18-11-16-9-6-10-22-16/h3-10,15,20H,2,11-13H2,1H3,(H,18,21)/t15-/m0/s1. The van der Waals surface area contributed by atoms with Gasteiger partial charge in [-0.15, -0.1) is 11.3 Å². The first-order valence-corrected chi connectivity index (χ1v) is 8.34. The molecule has 2 aromatic rings. The van der Waals surface area contributed by atoms with Crippen LogP contribution in [0.1, 0.15) is 18.2 Å². The summed E-state index contributed by atoms with van der Waals surface area (Å²) in [5, 5.41) is 14.8. The van der Waals surface area contributed by atoms with E-state index in [4.69, 9.17) is 0 Å². The van der Waals surface area contributed by atoms with E-state index in [-0.39, 0.29) is 12.5 Å². The first-order valence-electron chi connectivity index (χ1n) is 7.46. The van der Waals surface area contributed by atoms with Crippen molar-refractivity contribution in [2.24, 2.45) is 0 Å². The molecule has 0 spiro atoms. The maximum Gasteiger partial charge on any atom is 0.239 e. The summed E-state index contributed by atoms with van der Waals surface area (Å²) < 4.78 is 0. The van der Waals surface area contributed by atoms with Crippen molar-refractivity contribution in [2.75, 3.05) is 18.0 Å². The largest absolute Gasteiger partial charge is 0.391 e. The van der Waals surface area contributed by atoms with Crippen molar-refractivity contribution < 1.29 is 9.90 Å². The van der Waals surface area contributed by atoms with E-state index in [9.17, 15) is 9.90 Å². The maximum absolute atomic E-state index is 12.2. The predicted molar refractivity (Wildman–Crippen MR) is 91.1 cm³/mol. The van der Waals surface area contributed by atoms with Gasteiger partial charge in [0.15, 0.2) is 0 Å². The normalized spacial score (nSPS) is 11.9. The summed E-state index contributed by atoms with van der Waals surface area (Å²) in [6.07, 6.45) is 0.227. The Morgan fingerprint density at radius 2 is 2.05 bits per heavy atom. The highest BCUT2D eigenvalue weighted by molar-refractivity contribution is 7.09. The van der Waals surface area contributed by atoms with Gasteiger partial charge in [0.1, 0.15) is 0 Å². The molecule has 1 aromatic heterocycles. The van der Waals surface area contributed by atoms with E-state index in [0.29, 0.717) is 19.5 Å². The Balaban J connectivity index is 1.94. The van der Waals surface area contributed by atoms with Gasteiger partial charge in [-0.3, -0.25) is 4.79 Å². The molecule has 2 rings (SSSR count). The summed E-state index contributed by atoms with van der Waals surface area (Å²) in [6, 6.07) is 13.7. The third-order valence-corrected chi connectivity index (χ3v) is 4.27. The van der Waals surface area contributed by atoms with Gasteiger partial charge < -0.3 is 15.3 Å². The van der Waals surface area contributed by atoms with Crippen LogP contribution in [0.25, 0.3) is 0 Å². The Kier molecular flexibility index (Phi) is 6.43. The molecule has 0 bridgehead atoms. The average molecular weight is 318 g/mol. The van der Waals surface area contributed by atoms with Crippen molar-refractivity contribution in [1.82, 2.24) is 5.32 Å². The summed E-state index contributed by atoms with van der Waals surface area (Å²) >= 11 is 1.63. The summed E-state index contributed by atoms with van der Waals surface area (Å²) in [5.74, 6) is -0.0412. The maximum atomic E-state index is 12.2. The number of aliphatic hydroxyl groups excluding tert-OH is 1. The number of carbonyl (C=O) groups excluding carboxylic acids is 1. The van der Waals surface area contributed by atoms with Gasteiger partial charge in [-0.2, -0.15) is 0 Å². The van der Waals surface area contributed by atoms with Gasteiger partial charge in [0, 0.05) is 17.1 Å². The monoisotopic (exact) mass is 318 g/mol. The number of amides is 1. The lowest BCUT2D eigenvalue weighted by atomic mass is 10.2. The van der Waals surface area contributed by atoms with E-state index < -0.39 is 6.10 Å². The van der Waals surface area contributed by atoms with E-state index in [1.807, 2.05) is 59.7 Å². The molecule has 0 saturated heterocycles. The third kappa shape index (κ3) is 5.16. The van der Waals surface area contributed by atoms with Crippen molar-refractivity contribution >= 4 is 22.9 Å². The number of aliphatic hydroxyl groups is 1. The molecule has 22 heavy (non-hydrogen) atoms. The van der Waals surface area contributed by atoms with Crippen molar-refractivity contribution in [1.29, 1.82) is 0 Å². The minimum Gasteiger partial charge on any atom is -0.391 e. The second-order valence-electron chi connectivity index (χ2n) is 5.13. The lowest BCUT2D eigenvalue weighted by molar-refractivity contribution is -0.119.